The number of sulfonamides is 1. The van der Waals surface area contributed by atoms with Crippen LogP contribution in [0.5, 0.6) is 0 Å². The lowest BCUT2D eigenvalue weighted by Crippen LogP contribution is -2.38. The zero-order valence-corrected chi connectivity index (χ0v) is 12.9. The van der Waals surface area contributed by atoms with E-state index in [0.717, 1.165) is 29.5 Å². The van der Waals surface area contributed by atoms with E-state index in [1.165, 1.54) is 4.31 Å². The second-order valence-corrected chi connectivity index (χ2v) is 7.55. The Bertz CT molecular complexity index is 519. The second kappa shape index (κ2) is 5.28. The van der Waals surface area contributed by atoms with Gasteiger partial charge < -0.3 is 5.32 Å². The Kier molecular flexibility index (Phi) is 4.11. The van der Waals surface area contributed by atoms with Crippen LogP contribution in [-0.4, -0.2) is 38.9 Å². The molecule has 1 N–H and O–H groups in total. The maximum absolute atomic E-state index is 12.5. The number of likely N-dealkylation sites (N-methyl/N-ethyl adjacent to an activating group) is 1. The standard InChI is InChI=1S/C12H17BrN2O2S/c1-9-5-10(13)7-12(6-9)18(16,17)15(2)11-3-4-14-8-11/h5-7,11,14H,3-4,8H2,1-2H3. The van der Waals surface area contributed by atoms with Gasteiger partial charge in [0.1, 0.15) is 0 Å². The Balaban J connectivity index is 2.34. The van der Waals surface area contributed by atoms with E-state index in [2.05, 4.69) is 21.2 Å². The van der Waals surface area contributed by atoms with Crippen molar-refractivity contribution in [2.45, 2.75) is 24.3 Å². The van der Waals surface area contributed by atoms with Crippen LogP contribution in [0.15, 0.2) is 27.6 Å². The third-order valence-electron chi connectivity index (χ3n) is 3.24. The molecule has 0 bridgehead atoms. The Hall–Kier alpha value is -0.430. The van der Waals surface area contributed by atoms with E-state index < -0.39 is 10.0 Å². The van der Waals surface area contributed by atoms with Crippen molar-refractivity contribution in [3.8, 4) is 0 Å². The minimum atomic E-state index is -3.40. The lowest BCUT2D eigenvalue weighted by atomic mass is 10.2. The van der Waals surface area contributed by atoms with Crippen molar-refractivity contribution < 1.29 is 8.42 Å². The highest BCUT2D eigenvalue weighted by Crippen LogP contribution is 2.23. The Morgan fingerprint density at radius 3 is 2.67 bits per heavy atom. The summed E-state index contributed by atoms with van der Waals surface area (Å²) in [6.45, 7) is 3.49. The lowest BCUT2D eigenvalue weighted by molar-refractivity contribution is 0.387. The molecule has 2 rings (SSSR count). The van der Waals surface area contributed by atoms with Crippen molar-refractivity contribution in [3.63, 3.8) is 0 Å². The highest BCUT2D eigenvalue weighted by molar-refractivity contribution is 9.10. The molecule has 1 aliphatic rings. The monoisotopic (exact) mass is 332 g/mol. The fraction of sp³-hybridized carbons (Fsp3) is 0.500. The normalized spacial score (nSPS) is 20.6. The van der Waals surface area contributed by atoms with Gasteiger partial charge in [0.25, 0.3) is 0 Å². The molecular formula is C12H17BrN2O2S. The van der Waals surface area contributed by atoms with Crippen LogP contribution in [0.25, 0.3) is 0 Å². The fourth-order valence-corrected chi connectivity index (χ4v) is 4.44. The molecule has 0 amide bonds. The third kappa shape index (κ3) is 2.77. The zero-order chi connectivity index (χ0) is 13.3. The van der Waals surface area contributed by atoms with Crippen molar-refractivity contribution in [1.29, 1.82) is 0 Å². The molecular weight excluding hydrogens is 316 g/mol. The summed E-state index contributed by atoms with van der Waals surface area (Å²) < 4.78 is 27.3. The first-order chi connectivity index (χ1) is 8.41. The largest absolute Gasteiger partial charge is 0.315 e. The SMILES string of the molecule is Cc1cc(Br)cc(S(=O)(=O)N(C)C2CCNC2)c1. The van der Waals surface area contributed by atoms with E-state index in [9.17, 15) is 8.42 Å². The molecule has 0 aromatic heterocycles. The summed E-state index contributed by atoms with van der Waals surface area (Å²) in [5, 5.41) is 3.18. The summed E-state index contributed by atoms with van der Waals surface area (Å²) in [7, 11) is -1.75. The van der Waals surface area contributed by atoms with Crippen LogP contribution in [0.3, 0.4) is 0 Å². The van der Waals surface area contributed by atoms with Gasteiger partial charge in [0, 0.05) is 24.1 Å². The molecule has 1 aromatic rings. The molecule has 1 saturated heterocycles. The number of aryl methyl sites for hydroxylation is 1. The summed E-state index contributed by atoms with van der Waals surface area (Å²) >= 11 is 3.34. The summed E-state index contributed by atoms with van der Waals surface area (Å²) in [6.07, 6.45) is 0.864. The Morgan fingerprint density at radius 1 is 1.39 bits per heavy atom. The van der Waals surface area contributed by atoms with E-state index in [4.69, 9.17) is 0 Å². The molecule has 1 aromatic carbocycles. The number of benzene rings is 1. The molecule has 6 heteroatoms. The molecule has 1 atom stereocenters. The summed E-state index contributed by atoms with van der Waals surface area (Å²) in [4.78, 5) is 0.351. The van der Waals surface area contributed by atoms with Crippen molar-refractivity contribution >= 4 is 26.0 Å². The van der Waals surface area contributed by atoms with Crippen LogP contribution in [0, 0.1) is 6.92 Å². The van der Waals surface area contributed by atoms with Crippen molar-refractivity contribution in [1.82, 2.24) is 9.62 Å². The van der Waals surface area contributed by atoms with Gasteiger partial charge >= 0.3 is 0 Å². The van der Waals surface area contributed by atoms with Crippen LogP contribution in [0.2, 0.25) is 0 Å². The number of rotatable bonds is 3. The molecule has 0 spiro atoms. The first-order valence-corrected chi connectivity index (χ1v) is 8.10. The Labute approximate surface area is 117 Å². The molecule has 0 radical (unpaired) electrons. The maximum atomic E-state index is 12.5. The van der Waals surface area contributed by atoms with Crippen molar-refractivity contribution in [3.05, 3.63) is 28.2 Å². The van der Waals surface area contributed by atoms with Gasteiger partial charge in [0.2, 0.25) is 10.0 Å². The summed E-state index contributed by atoms with van der Waals surface area (Å²) in [5.41, 5.74) is 0.931. The molecule has 0 aliphatic carbocycles. The van der Waals surface area contributed by atoms with Crippen LogP contribution >= 0.6 is 15.9 Å². The van der Waals surface area contributed by atoms with Gasteiger partial charge in [-0.15, -0.1) is 0 Å². The number of hydrogen-bond donors (Lipinski definition) is 1. The minimum Gasteiger partial charge on any atom is -0.315 e. The van der Waals surface area contributed by atoms with Gasteiger partial charge in [-0.25, -0.2) is 8.42 Å². The van der Waals surface area contributed by atoms with Crippen LogP contribution in [0.1, 0.15) is 12.0 Å². The van der Waals surface area contributed by atoms with Gasteiger partial charge in [0.05, 0.1) is 4.90 Å². The van der Waals surface area contributed by atoms with Crippen LogP contribution < -0.4 is 5.32 Å². The predicted molar refractivity (Wildman–Crippen MR) is 75.1 cm³/mol. The van der Waals surface area contributed by atoms with Gasteiger partial charge in [-0.1, -0.05) is 15.9 Å². The highest BCUT2D eigenvalue weighted by atomic mass is 79.9. The quantitative estimate of drug-likeness (QED) is 0.917. The lowest BCUT2D eigenvalue weighted by Gasteiger charge is -2.23. The molecule has 1 unspecified atom stereocenters. The molecule has 1 heterocycles. The van der Waals surface area contributed by atoms with E-state index in [-0.39, 0.29) is 6.04 Å². The molecule has 1 fully saturated rings. The predicted octanol–water partition coefficient (Wildman–Crippen LogP) is 1.74. The van der Waals surface area contributed by atoms with E-state index in [1.807, 2.05) is 13.0 Å². The summed E-state index contributed by atoms with van der Waals surface area (Å²) in [5.74, 6) is 0. The maximum Gasteiger partial charge on any atom is 0.243 e. The average Bonchev–Trinajstić information content (AvgIpc) is 2.79. The smallest absolute Gasteiger partial charge is 0.243 e. The number of nitrogens with one attached hydrogen (secondary N) is 1. The van der Waals surface area contributed by atoms with E-state index in [1.54, 1.807) is 19.2 Å². The number of halogens is 1. The van der Waals surface area contributed by atoms with Gasteiger partial charge in [-0.2, -0.15) is 4.31 Å². The van der Waals surface area contributed by atoms with Crippen molar-refractivity contribution in [2.75, 3.05) is 20.1 Å². The summed E-state index contributed by atoms with van der Waals surface area (Å²) in [6, 6.07) is 5.31. The minimum absolute atomic E-state index is 0.0503. The molecule has 4 nitrogen and oxygen atoms in total. The molecule has 100 valence electrons. The first-order valence-electron chi connectivity index (χ1n) is 5.87. The average molecular weight is 333 g/mol. The fourth-order valence-electron chi connectivity index (χ4n) is 2.16. The van der Waals surface area contributed by atoms with Crippen LogP contribution in [-0.2, 0) is 10.0 Å². The van der Waals surface area contributed by atoms with E-state index >= 15 is 0 Å². The van der Waals surface area contributed by atoms with Crippen LogP contribution in [0.4, 0.5) is 0 Å². The van der Waals surface area contributed by atoms with Gasteiger partial charge in [-0.05, 0) is 43.7 Å². The topological polar surface area (TPSA) is 49.4 Å². The Morgan fingerprint density at radius 2 is 2.11 bits per heavy atom. The first kappa shape index (κ1) is 14.0. The number of hydrogen-bond acceptors (Lipinski definition) is 3. The molecule has 18 heavy (non-hydrogen) atoms. The number of nitrogens with zero attached hydrogens (tertiary/aromatic N) is 1. The highest BCUT2D eigenvalue weighted by Gasteiger charge is 2.30. The van der Waals surface area contributed by atoms with E-state index in [0.29, 0.717) is 4.90 Å². The second-order valence-electron chi connectivity index (χ2n) is 4.63. The van der Waals surface area contributed by atoms with Gasteiger partial charge in [-0.3, -0.25) is 0 Å². The van der Waals surface area contributed by atoms with Crippen molar-refractivity contribution in [2.24, 2.45) is 0 Å². The molecule has 0 saturated carbocycles. The molecule has 1 aliphatic heterocycles. The third-order valence-corrected chi connectivity index (χ3v) is 5.59. The van der Waals surface area contributed by atoms with Gasteiger partial charge in [0.15, 0.2) is 0 Å². The zero-order valence-electron chi connectivity index (χ0n) is 10.5.